The number of likely N-dealkylation sites (N-methyl/N-ethyl adjacent to an activating group) is 1. The largest absolute Gasteiger partial charge is 0.354 e. The predicted molar refractivity (Wildman–Crippen MR) is 96.6 cm³/mol. The molecular formula is C16H30N2O3S2. The minimum atomic E-state index is -2.85. The van der Waals surface area contributed by atoms with E-state index in [0.29, 0.717) is 30.7 Å². The van der Waals surface area contributed by atoms with Crippen LogP contribution in [0.2, 0.25) is 0 Å². The van der Waals surface area contributed by atoms with Crippen LogP contribution in [0.15, 0.2) is 0 Å². The van der Waals surface area contributed by atoms with Crippen molar-refractivity contribution in [1.82, 2.24) is 10.2 Å². The molecule has 7 heteroatoms. The van der Waals surface area contributed by atoms with Crippen LogP contribution in [0.4, 0.5) is 0 Å². The average Bonchev–Trinajstić information content (AvgIpc) is 2.85. The van der Waals surface area contributed by atoms with E-state index in [2.05, 4.69) is 24.3 Å². The molecule has 0 spiro atoms. The van der Waals surface area contributed by atoms with E-state index in [4.69, 9.17) is 0 Å². The molecular weight excluding hydrogens is 332 g/mol. The third-order valence-corrected chi connectivity index (χ3v) is 8.29. The van der Waals surface area contributed by atoms with E-state index in [1.54, 1.807) is 0 Å². The topological polar surface area (TPSA) is 66.5 Å². The Kier molecular flexibility index (Phi) is 7.22. The van der Waals surface area contributed by atoms with Gasteiger partial charge in [0.15, 0.2) is 9.84 Å². The summed E-state index contributed by atoms with van der Waals surface area (Å²) in [5.41, 5.74) is 0. The fourth-order valence-electron chi connectivity index (χ4n) is 3.65. The Balaban J connectivity index is 1.71. The number of sulfone groups is 1. The molecule has 1 heterocycles. The summed E-state index contributed by atoms with van der Waals surface area (Å²) in [4.78, 5) is 14.3. The molecule has 2 atom stereocenters. The van der Waals surface area contributed by atoms with Crippen molar-refractivity contribution in [2.75, 3.05) is 37.9 Å². The molecule has 2 fully saturated rings. The quantitative estimate of drug-likeness (QED) is 0.744. The van der Waals surface area contributed by atoms with E-state index >= 15 is 0 Å². The molecule has 2 rings (SSSR count). The Bertz CT molecular complexity index is 488. The second-order valence-electron chi connectivity index (χ2n) is 7.07. The van der Waals surface area contributed by atoms with Crippen LogP contribution in [0.25, 0.3) is 0 Å². The molecule has 0 radical (unpaired) electrons. The number of nitrogens with one attached hydrogen (secondary N) is 1. The number of thioether (sulfide) groups is 1. The Hall–Kier alpha value is -0.270. The summed E-state index contributed by atoms with van der Waals surface area (Å²) in [6.45, 7) is 0.694. The van der Waals surface area contributed by atoms with Gasteiger partial charge < -0.3 is 10.2 Å². The third-order valence-electron chi connectivity index (χ3n) is 5.01. The summed E-state index contributed by atoms with van der Waals surface area (Å²) in [6.07, 6.45) is 7.14. The maximum atomic E-state index is 12.1. The zero-order valence-electron chi connectivity index (χ0n) is 14.3. The highest BCUT2D eigenvalue weighted by Crippen LogP contribution is 2.28. The number of carbonyl (C=O) groups is 1. The van der Waals surface area contributed by atoms with Gasteiger partial charge in [-0.2, -0.15) is 0 Å². The number of hydrogen-bond donors (Lipinski definition) is 1. The summed E-state index contributed by atoms with van der Waals surface area (Å²) in [5, 5.41) is 3.15. The molecule has 0 aromatic carbocycles. The van der Waals surface area contributed by atoms with Gasteiger partial charge >= 0.3 is 0 Å². The minimum Gasteiger partial charge on any atom is -0.354 e. The Morgan fingerprint density at radius 2 is 1.91 bits per heavy atom. The van der Waals surface area contributed by atoms with E-state index in [0.717, 1.165) is 0 Å². The van der Waals surface area contributed by atoms with Gasteiger partial charge in [-0.1, -0.05) is 19.3 Å². The van der Waals surface area contributed by atoms with Gasteiger partial charge in [0.1, 0.15) is 0 Å². The Morgan fingerprint density at radius 1 is 1.22 bits per heavy atom. The van der Waals surface area contributed by atoms with E-state index in [1.807, 2.05) is 0 Å². The highest BCUT2D eigenvalue weighted by atomic mass is 32.2. The molecule has 0 aromatic heterocycles. The molecule has 134 valence electrons. The van der Waals surface area contributed by atoms with Crippen LogP contribution < -0.4 is 5.32 Å². The van der Waals surface area contributed by atoms with Crippen LogP contribution in [0, 0.1) is 5.92 Å². The summed E-state index contributed by atoms with van der Waals surface area (Å²) in [6, 6.07) is 0.399. The Labute approximate surface area is 144 Å². The van der Waals surface area contributed by atoms with Gasteiger partial charge in [0.25, 0.3) is 0 Å². The maximum Gasteiger partial charge on any atom is 0.230 e. The number of carbonyl (C=O) groups excluding carboxylic acids is 1. The van der Waals surface area contributed by atoms with Crippen molar-refractivity contribution in [1.29, 1.82) is 0 Å². The molecule has 1 aliphatic carbocycles. The van der Waals surface area contributed by atoms with Gasteiger partial charge in [-0.15, -0.1) is 11.8 Å². The molecule has 1 N–H and O–H groups in total. The van der Waals surface area contributed by atoms with Crippen molar-refractivity contribution >= 4 is 27.5 Å². The van der Waals surface area contributed by atoms with Crippen molar-refractivity contribution in [2.24, 2.45) is 5.92 Å². The first kappa shape index (κ1) is 19.1. The van der Waals surface area contributed by atoms with Gasteiger partial charge in [0, 0.05) is 17.8 Å². The van der Waals surface area contributed by atoms with Gasteiger partial charge in [-0.05, 0) is 39.3 Å². The van der Waals surface area contributed by atoms with Crippen molar-refractivity contribution < 1.29 is 13.2 Å². The van der Waals surface area contributed by atoms with Crippen LogP contribution in [0.1, 0.15) is 38.5 Å². The minimum absolute atomic E-state index is 0.0296. The van der Waals surface area contributed by atoms with Crippen molar-refractivity contribution in [3.63, 3.8) is 0 Å². The fourth-order valence-corrected chi connectivity index (χ4v) is 7.12. The predicted octanol–water partition coefficient (Wildman–Crippen LogP) is 1.53. The smallest absolute Gasteiger partial charge is 0.230 e. The molecule has 2 aliphatic rings. The lowest BCUT2D eigenvalue weighted by Crippen LogP contribution is -2.45. The third kappa shape index (κ3) is 6.27. The first-order valence-corrected chi connectivity index (χ1v) is 11.5. The van der Waals surface area contributed by atoms with E-state index in [-0.39, 0.29) is 22.7 Å². The van der Waals surface area contributed by atoms with Crippen LogP contribution in [-0.2, 0) is 14.6 Å². The second-order valence-corrected chi connectivity index (χ2v) is 10.6. The molecule has 1 saturated heterocycles. The Morgan fingerprint density at radius 3 is 2.48 bits per heavy atom. The molecule has 1 amide bonds. The summed E-state index contributed by atoms with van der Waals surface area (Å²) in [5.74, 6) is 1.57. The van der Waals surface area contributed by atoms with Crippen molar-refractivity contribution in [3.05, 3.63) is 0 Å². The van der Waals surface area contributed by atoms with Gasteiger partial charge in [-0.25, -0.2) is 8.42 Å². The monoisotopic (exact) mass is 362 g/mol. The number of hydrogen-bond acceptors (Lipinski definition) is 5. The van der Waals surface area contributed by atoms with Crippen LogP contribution in [0.5, 0.6) is 0 Å². The van der Waals surface area contributed by atoms with Gasteiger partial charge in [0.05, 0.1) is 17.3 Å². The average molecular weight is 363 g/mol. The van der Waals surface area contributed by atoms with Crippen LogP contribution >= 0.6 is 11.8 Å². The molecule has 0 aromatic rings. The highest BCUT2D eigenvalue weighted by molar-refractivity contribution is 8.02. The van der Waals surface area contributed by atoms with Crippen molar-refractivity contribution in [2.45, 2.75) is 49.8 Å². The standard InChI is InChI=1S/C16H30N2O3S2/c1-18(2)15(13-6-4-3-5-7-13)10-17-16(19)11-22-14-8-9-23(20,21)12-14/h13-15H,3-12H2,1-2H3,(H,17,19)/t14-,15-/m0/s1. The molecule has 0 bridgehead atoms. The van der Waals surface area contributed by atoms with E-state index < -0.39 is 9.84 Å². The number of rotatable bonds is 7. The number of nitrogens with zero attached hydrogens (tertiary/aromatic N) is 1. The van der Waals surface area contributed by atoms with Crippen LogP contribution in [-0.4, -0.2) is 68.4 Å². The molecule has 1 saturated carbocycles. The molecule has 5 nitrogen and oxygen atoms in total. The molecule has 23 heavy (non-hydrogen) atoms. The SMILES string of the molecule is CN(C)[C@@H](CNC(=O)CS[C@H]1CCS(=O)(=O)C1)C1CCCCC1. The lowest BCUT2D eigenvalue weighted by Gasteiger charge is -2.35. The molecule has 1 aliphatic heterocycles. The summed E-state index contributed by atoms with van der Waals surface area (Å²) in [7, 11) is 1.32. The fraction of sp³-hybridized carbons (Fsp3) is 0.938. The van der Waals surface area contributed by atoms with Gasteiger partial charge in [0.2, 0.25) is 5.91 Å². The first-order valence-electron chi connectivity index (χ1n) is 8.62. The zero-order valence-corrected chi connectivity index (χ0v) is 15.9. The molecule has 0 unspecified atom stereocenters. The van der Waals surface area contributed by atoms with E-state index in [9.17, 15) is 13.2 Å². The lowest BCUT2D eigenvalue weighted by molar-refractivity contribution is -0.118. The summed E-state index contributed by atoms with van der Waals surface area (Å²) < 4.78 is 22.9. The normalized spacial score (nSPS) is 26.3. The maximum absolute atomic E-state index is 12.1. The summed E-state index contributed by atoms with van der Waals surface area (Å²) >= 11 is 1.49. The first-order chi connectivity index (χ1) is 10.9. The second kappa shape index (κ2) is 8.72. The van der Waals surface area contributed by atoms with E-state index in [1.165, 1.54) is 43.9 Å². The highest BCUT2D eigenvalue weighted by Gasteiger charge is 2.29. The van der Waals surface area contributed by atoms with Crippen molar-refractivity contribution in [3.8, 4) is 0 Å². The number of amides is 1. The van der Waals surface area contributed by atoms with Crippen LogP contribution in [0.3, 0.4) is 0 Å². The lowest BCUT2D eigenvalue weighted by atomic mass is 9.83. The zero-order chi connectivity index (χ0) is 16.9. The van der Waals surface area contributed by atoms with Gasteiger partial charge in [-0.3, -0.25) is 4.79 Å².